The predicted molar refractivity (Wildman–Crippen MR) is 77.9 cm³/mol. The van der Waals surface area contributed by atoms with E-state index >= 15 is 0 Å². The molecule has 1 N–H and O–H groups in total. The zero-order valence-corrected chi connectivity index (χ0v) is 12.0. The summed E-state index contributed by atoms with van der Waals surface area (Å²) in [4.78, 5) is 11.1. The largest absolute Gasteiger partial charge is 0.494 e. The Balaban J connectivity index is 1.86. The Kier molecular flexibility index (Phi) is 3.64. The number of aliphatic carboxylic acids is 1. The van der Waals surface area contributed by atoms with Gasteiger partial charge in [0, 0.05) is 5.69 Å². The lowest BCUT2D eigenvalue weighted by atomic mass is 9.88. The van der Waals surface area contributed by atoms with Crippen LogP contribution in [0.3, 0.4) is 0 Å². The van der Waals surface area contributed by atoms with E-state index in [1.54, 1.807) is 6.20 Å². The van der Waals surface area contributed by atoms with Crippen molar-refractivity contribution in [3.63, 3.8) is 0 Å². The van der Waals surface area contributed by atoms with Crippen LogP contribution in [0.25, 0.3) is 5.69 Å². The van der Waals surface area contributed by atoms with E-state index in [0.29, 0.717) is 19.4 Å². The number of aromatic nitrogens is 2. The fourth-order valence-electron chi connectivity index (χ4n) is 2.81. The number of benzene rings is 1. The summed E-state index contributed by atoms with van der Waals surface area (Å²) in [5.41, 5.74) is 3.15. The lowest BCUT2D eigenvalue weighted by molar-refractivity contribution is -0.142. The summed E-state index contributed by atoms with van der Waals surface area (Å²) >= 11 is 0. The van der Waals surface area contributed by atoms with Gasteiger partial charge in [-0.15, -0.1) is 0 Å². The Hall–Kier alpha value is -2.30. The van der Waals surface area contributed by atoms with Gasteiger partial charge in [-0.3, -0.25) is 4.79 Å². The van der Waals surface area contributed by atoms with Crippen molar-refractivity contribution in [3.05, 3.63) is 41.7 Å². The molecule has 0 aliphatic heterocycles. The number of ether oxygens (including phenoxy) is 1. The Morgan fingerprint density at radius 3 is 2.86 bits per heavy atom. The minimum atomic E-state index is -0.713. The molecule has 21 heavy (non-hydrogen) atoms. The summed E-state index contributed by atoms with van der Waals surface area (Å²) in [6, 6.07) is 7.80. The third kappa shape index (κ3) is 2.63. The number of fused-ring (bicyclic) bond motifs is 1. The summed E-state index contributed by atoms with van der Waals surface area (Å²) in [6.45, 7) is 2.60. The van der Waals surface area contributed by atoms with E-state index in [1.165, 1.54) is 0 Å². The van der Waals surface area contributed by atoms with Crippen molar-refractivity contribution in [2.45, 2.75) is 26.2 Å². The highest BCUT2D eigenvalue weighted by Crippen LogP contribution is 2.28. The monoisotopic (exact) mass is 286 g/mol. The summed E-state index contributed by atoms with van der Waals surface area (Å²) in [6.07, 6.45) is 3.78. The van der Waals surface area contributed by atoms with Crippen molar-refractivity contribution in [2.75, 3.05) is 6.61 Å². The zero-order chi connectivity index (χ0) is 14.8. The number of carboxylic acid groups (broad SMARTS) is 1. The molecule has 0 amide bonds. The number of carbonyl (C=O) groups is 1. The Morgan fingerprint density at radius 1 is 1.43 bits per heavy atom. The fourth-order valence-corrected chi connectivity index (χ4v) is 2.81. The van der Waals surface area contributed by atoms with Crippen LogP contribution < -0.4 is 4.74 Å². The lowest BCUT2D eigenvalue weighted by Gasteiger charge is -2.19. The SMILES string of the molecule is CCOc1ccc(-n2ncc3c2CCC(C(=O)O)C3)cc1. The van der Waals surface area contributed by atoms with Crippen LogP contribution in [-0.4, -0.2) is 27.5 Å². The average molecular weight is 286 g/mol. The van der Waals surface area contributed by atoms with Crippen molar-refractivity contribution in [1.29, 1.82) is 0 Å². The van der Waals surface area contributed by atoms with Crippen LogP contribution in [0, 0.1) is 5.92 Å². The summed E-state index contributed by atoms with van der Waals surface area (Å²) in [5.74, 6) is -0.154. The van der Waals surface area contributed by atoms with Crippen LogP contribution in [-0.2, 0) is 17.6 Å². The fraction of sp³-hybridized carbons (Fsp3) is 0.375. The number of carboxylic acids is 1. The first-order valence-corrected chi connectivity index (χ1v) is 7.21. The van der Waals surface area contributed by atoms with Crippen LogP contribution in [0.1, 0.15) is 24.6 Å². The first-order chi connectivity index (χ1) is 10.2. The molecule has 5 heteroatoms. The molecule has 0 radical (unpaired) electrons. The van der Waals surface area contributed by atoms with Crippen molar-refractivity contribution < 1.29 is 14.6 Å². The first-order valence-electron chi connectivity index (χ1n) is 7.21. The molecule has 1 aromatic carbocycles. The quantitative estimate of drug-likeness (QED) is 0.937. The standard InChI is InChI=1S/C16H18N2O3/c1-2-21-14-6-4-13(5-7-14)18-15-8-3-11(16(19)20)9-12(15)10-17-18/h4-7,10-11H,2-3,8-9H2,1H3,(H,19,20). The van der Waals surface area contributed by atoms with Crippen LogP contribution in [0.15, 0.2) is 30.5 Å². The first kappa shape index (κ1) is 13.7. The minimum absolute atomic E-state index is 0.282. The van der Waals surface area contributed by atoms with Gasteiger partial charge in [0.2, 0.25) is 0 Å². The van der Waals surface area contributed by atoms with E-state index in [-0.39, 0.29) is 5.92 Å². The molecule has 0 bridgehead atoms. The molecule has 110 valence electrons. The van der Waals surface area contributed by atoms with Gasteiger partial charge in [0.25, 0.3) is 0 Å². The topological polar surface area (TPSA) is 64.4 Å². The molecule has 0 saturated carbocycles. The van der Waals surface area contributed by atoms with Gasteiger partial charge >= 0.3 is 5.97 Å². The maximum Gasteiger partial charge on any atom is 0.306 e. The number of rotatable bonds is 4. The highest BCUT2D eigenvalue weighted by Gasteiger charge is 2.27. The van der Waals surface area contributed by atoms with Gasteiger partial charge in [0.15, 0.2) is 0 Å². The highest BCUT2D eigenvalue weighted by atomic mass is 16.5. The van der Waals surface area contributed by atoms with Crippen molar-refractivity contribution in [1.82, 2.24) is 9.78 Å². The van der Waals surface area contributed by atoms with E-state index in [1.807, 2.05) is 35.9 Å². The second-order valence-electron chi connectivity index (χ2n) is 5.23. The lowest BCUT2D eigenvalue weighted by Crippen LogP contribution is -2.22. The van der Waals surface area contributed by atoms with Gasteiger partial charge in [0.05, 0.1) is 24.4 Å². The van der Waals surface area contributed by atoms with E-state index in [0.717, 1.165) is 29.1 Å². The molecule has 1 aliphatic carbocycles. The van der Waals surface area contributed by atoms with Crippen LogP contribution >= 0.6 is 0 Å². The predicted octanol–water partition coefficient (Wildman–Crippen LogP) is 2.46. The average Bonchev–Trinajstić information content (AvgIpc) is 2.91. The molecule has 3 rings (SSSR count). The van der Waals surface area contributed by atoms with Gasteiger partial charge in [-0.05, 0) is 56.0 Å². The summed E-state index contributed by atoms with van der Waals surface area (Å²) < 4.78 is 7.34. The van der Waals surface area contributed by atoms with Gasteiger partial charge in [0.1, 0.15) is 5.75 Å². The summed E-state index contributed by atoms with van der Waals surface area (Å²) in [5, 5.41) is 13.5. The molecule has 5 nitrogen and oxygen atoms in total. The highest BCUT2D eigenvalue weighted by molar-refractivity contribution is 5.71. The van der Waals surface area contributed by atoms with E-state index in [9.17, 15) is 4.79 Å². The van der Waals surface area contributed by atoms with Crippen molar-refractivity contribution >= 4 is 5.97 Å². The van der Waals surface area contributed by atoms with E-state index < -0.39 is 5.97 Å². The number of hydrogen-bond acceptors (Lipinski definition) is 3. The Morgan fingerprint density at radius 2 is 2.19 bits per heavy atom. The third-order valence-electron chi connectivity index (χ3n) is 3.89. The van der Waals surface area contributed by atoms with Gasteiger partial charge < -0.3 is 9.84 Å². The smallest absolute Gasteiger partial charge is 0.306 e. The molecule has 1 atom stereocenters. The Bertz CT molecular complexity index is 646. The van der Waals surface area contributed by atoms with Gasteiger partial charge in [-0.25, -0.2) is 4.68 Å². The second-order valence-corrected chi connectivity index (χ2v) is 5.23. The molecule has 1 unspecified atom stereocenters. The van der Waals surface area contributed by atoms with Gasteiger partial charge in [-0.2, -0.15) is 5.10 Å². The number of nitrogens with zero attached hydrogens (tertiary/aromatic N) is 2. The third-order valence-corrected chi connectivity index (χ3v) is 3.89. The maximum atomic E-state index is 11.1. The molecule has 0 spiro atoms. The van der Waals surface area contributed by atoms with E-state index in [2.05, 4.69) is 5.10 Å². The van der Waals surface area contributed by atoms with Crippen LogP contribution in [0.2, 0.25) is 0 Å². The molecular weight excluding hydrogens is 268 g/mol. The molecule has 1 heterocycles. The minimum Gasteiger partial charge on any atom is -0.494 e. The van der Waals surface area contributed by atoms with Gasteiger partial charge in [-0.1, -0.05) is 0 Å². The van der Waals surface area contributed by atoms with Crippen molar-refractivity contribution in [3.8, 4) is 11.4 Å². The maximum absolute atomic E-state index is 11.1. The molecule has 2 aromatic rings. The zero-order valence-electron chi connectivity index (χ0n) is 12.0. The molecule has 0 saturated heterocycles. The molecular formula is C16H18N2O3. The van der Waals surface area contributed by atoms with E-state index in [4.69, 9.17) is 9.84 Å². The second kappa shape index (κ2) is 5.60. The Labute approximate surface area is 123 Å². The normalized spacial score (nSPS) is 17.3. The van der Waals surface area contributed by atoms with Crippen LogP contribution in [0.4, 0.5) is 0 Å². The van der Waals surface area contributed by atoms with Crippen LogP contribution in [0.5, 0.6) is 5.75 Å². The molecule has 1 aromatic heterocycles. The molecule has 1 aliphatic rings. The molecule has 0 fully saturated rings. The summed E-state index contributed by atoms with van der Waals surface area (Å²) in [7, 11) is 0. The van der Waals surface area contributed by atoms with Crippen molar-refractivity contribution in [2.24, 2.45) is 5.92 Å². The number of hydrogen-bond donors (Lipinski definition) is 1.